The summed E-state index contributed by atoms with van der Waals surface area (Å²) in [7, 11) is 2.19. The Hall–Kier alpha value is -1.43. The summed E-state index contributed by atoms with van der Waals surface area (Å²) in [6.07, 6.45) is 0.177. The number of benzene rings is 1. The SMILES string of the molecule is CCC(=O)O[C@@H](COCc1ccccc1)C[N+]1(C)CCOCC1. The van der Waals surface area contributed by atoms with E-state index in [-0.39, 0.29) is 12.1 Å². The zero-order valence-corrected chi connectivity index (χ0v) is 14.2. The normalized spacial score (nSPS) is 18.3. The number of morpholine rings is 1. The van der Waals surface area contributed by atoms with Gasteiger partial charge in [0.1, 0.15) is 19.6 Å². The lowest BCUT2D eigenvalue weighted by atomic mass is 10.2. The Morgan fingerprint density at radius 2 is 1.96 bits per heavy atom. The van der Waals surface area contributed by atoms with Crippen LogP contribution in [0, 0.1) is 0 Å². The molecule has 2 rings (SSSR count). The van der Waals surface area contributed by atoms with Gasteiger partial charge in [-0.15, -0.1) is 0 Å². The van der Waals surface area contributed by atoms with Crippen molar-refractivity contribution in [1.82, 2.24) is 0 Å². The van der Waals surface area contributed by atoms with Gasteiger partial charge in [0.05, 0.1) is 33.5 Å². The molecule has 5 nitrogen and oxygen atoms in total. The number of likely N-dealkylation sites (N-methyl/N-ethyl adjacent to an activating group) is 1. The van der Waals surface area contributed by atoms with Gasteiger partial charge in [-0.25, -0.2) is 0 Å². The molecule has 23 heavy (non-hydrogen) atoms. The van der Waals surface area contributed by atoms with Crippen molar-refractivity contribution in [1.29, 1.82) is 0 Å². The number of nitrogens with zero attached hydrogens (tertiary/aromatic N) is 1. The molecule has 1 heterocycles. The van der Waals surface area contributed by atoms with Crippen molar-refractivity contribution in [2.75, 3.05) is 46.5 Å². The van der Waals surface area contributed by atoms with Crippen LogP contribution in [0.4, 0.5) is 0 Å². The number of esters is 1. The molecular formula is C18H28NO4+. The third kappa shape index (κ3) is 6.29. The van der Waals surface area contributed by atoms with Crippen molar-refractivity contribution < 1.29 is 23.5 Å². The van der Waals surface area contributed by atoms with Gasteiger partial charge in [-0.2, -0.15) is 0 Å². The van der Waals surface area contributed by atoms with Gasteiger partial charge >= 0.3 is 5.97 Å². The number of ether oxygens (including phenoxy) is 3. The fourth-order valence-electron chi connectivity index (χ4n) is 2.73. The Labute approximate surface area is 138 Å². The number of carbonyl (C=O) groups excluding carboxylic acids is 1. The Balaban J connectivity index is 1.86. The Bertz CT molecular complexity index is 471. The fourth-order valence-corrected chi connectivity index (χ4v) is 2.73. The first kappa shape index (κ1) is 17.9. The predicted octanol–water partition coefficient (Wildman–Crippen LogP) is 2.00. The lowest BCUT2D eigenvalue weighted by Gasteiger charge is -2.39. The first-order valence-electron chi connectivity index (χ1n) is 8.34. The van der Waals surface area contributed by atoms with Gasteiger partial charge in [-0.1, -0.05) is 37.3 Å². The molecule has 1 aliphatic heterocycles. The number of quaternary nitrogens is 1. The molecule has 0 spiro atoms. The largest absolute Gasteiger partial charge is 0.454 e. The second-order valence-electron chi connectivity index (χ2n) is 6.33. The second-order valence-corrected chi connectivity index (χ2v) is 6.33. The summed E-state index contributed by atoms with van der Waals surface area (Å²) in [4.78, 5) is 11.7. The van der Waals surface area contributed by atoms with Crippen LogP contribution in [0.25, 0.3) is 0 Å². The summed E-state index contributed by atoms with van der Waals surface area (Å²) >= 11 is 0. The van der Waals surface area contributed by atoms with E-state index in [4.69, 9.17) is 14.2 Å². The molecule has 1 aromatic rings. The van der Waals surface area contributed by atoms with Crippen molar-refractivity contribution in [3.63, 3.8) is 0 Å². The maximum absolute atomic E-state index is 11.7. The lowest BCUT2D eigenvalue weighted by molar-refractivity contribution is -0.919. The monoisotopic (exact) mass is 322 g/mol. The van der Waals surface area contributed by atoms with E-state index in [2.05, 4.69) is 7.05 Å². The van der Waals surface area contributed by atoms with Crippen molar-refractivity contribution in [2.24, 2.45) is 0 Å². The minimum atomic E-state index is -0.214. The Kier molecular flexibility index (Phi) is 7.02. The summed E-state index contributed by atoms with van der Waals surface area (Å²) in [5.74, 6) is -0.168. The Morgan fingerprint density at radius 3 is 2.61 bits per heavy atom. The molecule has 0 aromatic heterocycles. The molecule has 0 N–H and O–H groups in total. The van der Waals surface area contributed by atoms with E-state index in [0.717, 1.165) is 42.9 Å². The van der Waals surface area contributed by atoms with Crippen LogP contribution in [-0.4, -0.2) is 63.1 Å². The molecule has 0 radical (unpaired) electrons. The summed E-state index contributed by atoms with van der Waals surface area (Å²) in [6.45, 7) is 6.95. The molecule has 0 amide bonds. The molecule has 1 aromatic carbocycles. The molecule has 1 saturated heterocycles. The van der Waals surface area contributed by atoms with Gasteiger partial charge < -0.3 is 18.7 Å². The maximum Gasteiger partial charge on any atom is 0.306 e. The molecule has 0 bridgehead atoms. The van der Waals surface area contributed by atoms with Crippen LogP contribution in [-0.2, 0) is 25.6 Å². The summed E-state index contributed by atoms with van der Waals surface area (Å²) in [5.41, 5.74) is 1.12. The van der Waals surface area contributed by atoms with E-state index in [1.165, 1.54) is 0 Å². The molecule has 1 atom stereocenters. The third-order valence-electron chi connectivity index (χ3n) is 4.20. The lowest BCUT2D eigenvalue weighted by Crippen LogP contribution is -2.56. The van der Waals surface area contributed by atoms with Crippen molar-refractivity contribution in [2.45, 2.75) is 26.1 Å². The van der Waals surface area contributed by atoms with Gasteiger partial charge in [0, 0.05) is 6.42 Å². The topological polar surface area (TPSA) is 44.8 Å². The van der Waals surface area contributed by atoms with Crippen LogP contribution in [0.5, 0.6) is 0 Å². The van der Waals surface area contributed by atoms with Crippen molar-refractivity contribution >= 4 is 5.97 Å². The van der Waals surface area contributed by atoms with Gasteiger partial charge in [-0.3, -0.25) is 4.79 Å². The van der Waals surface area contributed by atoms with E-state index in [1.54, 1.807) is 0 Å². The minimum Gasteiger partial charge on any atom is -0.454 e. The maximum atomic E-state index is 11.7. The highest BCUT2D eigenvalue weighted by atomic mass is 16.6. The van der Waals surface area contributed by atoms with E-state index < -0.39 is 0 Å². The highest BCUT2D eigenvalue weighted by Gasteiger charge is 2.30. The van der Waals surface area contributed by atoms with Crippen LogP contribution < -0.4 is 0 Å². The fraction of sp³-hybridized carbons (Fsp3) is 0.611. The highest BCUT2D eigenvalue weighted by Crippen LogP contribution is 2.12. The van der Waals surface area contributed by atoms with Gasteiger partial charge in [0.25, 0.3) is 0 Å². The van der Waals surface area contributed by atoms with Gasteiger partial charge in [0.2, 0.25) is 0 Å². The zero-order valence-electron chi connectivity index (χ0n) is 14.2. The molecule has 128 valence electrons. The predicted molar refractivity (Wildman–Crippen MR) is 87.9 cm³/mol. The zero-order chi connectivity index (χ0) is 16.5. The summed E-state index contributed by atoms with van der Waals surface area (Å²) in [6, 6.07) is 10.0. The highest BCUT2D eigenvalue weighted by molar-refractivity contribution is 5.69. The van der Waals surface area contributed by atoms with Gasteiger partial charge in [0.15, 0.2) is 6.10 Å². The average Bonchev–Trinajstić information content (AvgIpc) is 2.56. The quantitative estimate of drug-likeness (QED) is 0.542. The number of rotatable bonds is 8. The number of carbonyl (C=O) groups is 1. The molecular weight excluding hydrogens is 294 g/mol. The van der Waals surface area contributed by atoms with E-state index in [0.29, 0.717) is 19.6 Å². The van der Waals surface area contributed by atoms with Crippen LogP contribution >= 0.6 is 0 Å². The van der Waals surface area contributed by atoms with E-state index >= 15 is 0 Å². The summed E-state index contributed by atoms with van der Waals surface area (Å²) in [5, 5.41) is 0. The molecule has 0 aliphatic carbocycles. The van der Waals surface area contributed by atoms with E-state index in [1.807, 2.05) is 37.3 Å². The number of hydrogen-bond donors (Lipinski definition) is 0. The van der Waals surface area contributed by atoms with Gasteiger partial charge in [-0.05, 0) is 5.56 Å². The minimum absolute atomic E-state index is 0.168. The van der Waals surface area contributed by atoms with Crippen LogP contribution in [0.15, 0.2) is 30.3 Å². The molecule has 0 unspecified atom stereocenters. The average molecular weight is 322 g/mol. The first-order chi connectivity index (χ1) is 11.1. The standard InChI is InChI=1S/C18H28NO4/c1-3-18(20)23-17(13-19(2)9-11-21-12-10-19)15-22-14-16-7-5-4-6-8-16/h4-8,17H,3,9-15H2,1-2H3/q+1/t17-/m1/s1. The van der Waals surface area contributed by atoms with Crippen LogP contribution in [0.1, 0.15) is 18.9 Å². The second kappa shape index (κ2) is 9.01. The molecule has 1 fully saturated rings. The van der Waals surface area contributed by atoms with Crippen molar-refractivity contribution in [3.05, 3.63) is 35.9 Å². The molecule has 5 heteroatoms. The first-order valence-corrected chi connectivity index (χ1v) is 8.34. The van der Waals surface area contributed by atoms with E-state index in [9.17, 15) is 4.79 Å². The number of hydrogen-bond acceptors (Lipinski definition) is 4. The van der Waals surface area contributed by atoms with Crippen LogP contribution in [0.3, 0.4) is 0 Å². The van der Waals surface area contributed by atoms with Crippen LogP contribution in [0.2, 0.25) is 0 Å². The smallest absolute Gasteiger partial charge is 0.306 e. The molecule has 0 saturated carbocycles. The third-order valence-corrected chi connectivity index (χ3v) is 4.20. The van der Waals surface area contributed by atoms with Crippen molar-refractivity contribution in [3.8, 4) is 0 Å². The molecule has 1 aliphatic rings. The Morgan fingerprint density at radius 1 is 1.26 bits per heavy atom. The summed E-state index contributed by atoms with van der Waals surface area (Å²) < 4.78 is 17.7.